The number of rotatable bonds is 4. The molecule has 106 valence electrons. The van der Waals surface area contributed by atoms with Crippen molar-refractivity contribution in [2.45, 2.75) is 27.2 Å². The van der Waals surface area contributed by atoms with Gasteiger partial charge < -0.3 is 9.52 Å². The molecule has 0 unspecified atom stereocenters. The molecular formula is C15H16ClNO3. The SMILES string of the molecule is Cc1cc(Cl)ccc1-c1nc(CC(C)C)c(C(=O)O)o1. The van der Waals surface area contributed by atoms with Crippen LogP contribution in [-0.2, 0) is 6.42 Å². The molecule has 0 spiro atoms. The zero-order chi connectivity index (χ0) is 14.9. The Bertz CT molecular complexity index is 647. The van der Waals surface area contributed by atoms with Gasteiger partial charge in [0, 0.05) is 10.6 Å². The molecule has 2 rings (SSSR count). The molecule has 1 aromatic heterocycles. The lowest BCUT2D eigenvalue weighted by Gasteiger charge is -2.01. The zero-order valence-corrected chi connectivity index (χ0v) is 12.4. The van der Waals surface area contributed by atoms with E-state index < -0.39 is 5.97 Å². The molecule has 1 N–H and O–H groups in total. The number of carboxylic acids is 1. The van der Waals surface area contributed by atoms with Crippen LogP contribution in [0.2, 0.25) is 5.02 Å². The number of oxazole rings is 1. The van der Waals surface area contributed by atoms with Crippen LogP contribution in [0, 0.1) is 12.8 Å². The van der Waals surface area contributed by atoms with Crippen molar-refractivity contribution in [1.29, 1.82) is 0 Å². The molecule has 4 nitrogen and oxygen atoms in total. The Morgan fingerprint density at radius 2 is 2.15 bits per heavy atom. The molecule has 0 saturated carbocycles. The number of halogens is 1. The van der Waals surface area contributed by atoms with Crippen molar-refractivity contribution < 1.29 is 14.3 Å². The van der Waals surface area contributed by atoms with Gasteiger partial charge in [0.05, 0.1) is 5.69 Å². The molecule has 2 aromatic rings. The molecule has 0 radical (unpaired) electrons. The molecule has 20 heavy (non-hydrogen) atoms. The Balaban J connectivity index is 2.49. The van der Waals surface area contributed by atoms with Gasteiger partial charge in [-0.3, -0.25) is 0 Å². The number of carboxylic acid groups (broad SMARTS) is 1. The quantitative estimate of drug-likeness (QED) is 0.917. The van der Waals surface area contributed by atoms with Gasteiger partial charge >= 0.3 is 5.97 Å². The summed E-state index contributed by atoms with van der Waals surface area (Å²) in [5.41, 5.74) is 2.13. The number of hydrogen-bond donors (Lipinski definition) is 1. The highest BCUT2D eigenvalue weighted by atomic mass is 35.5. The maximum Gasteiger partial charge on any atom is 0.373 e. The van der Waals surface area contributed by atoms with E-state index in [1.165, 1.54) is 0 Å². The first-order valence-corrected chi connectivity index (χ1v) is 6.75. The van der Waals surface area contributed by atoms with Gasteiger partial charge in [0.2, 0.25) is 11.7 Å². The molecule has 1 aromatic carbocycles. The maximum atomic E-state index is 11.2. The first-order chi connectivity index (χ1) is 9.38. The van der Waals surface area contributed by atoms with Crippen LogP contribution in [0.5, 0.6) is 0 Å². The van der Waals surface area contributed by atoms with Gasteiger partial charge in [0.1, 0.15) is 0 Å². The summed E-state index contributed by atoms with van der Waals surface area (Å²) in [6.07, 6.45) is 0.567. The molecule has 1 heterocycles. The van der Waals surface area contributed by atoms with Gasteiger partial charge in [-0.2, -0.15) is 0 Å². The summed E-state index contributed by atoms with van der Waals surface area (Å²) in [6.45, 7) is 5.90. The lowest BCUT2D eigenvalue weighted by molar-refractivity contribution is 0.0661. The molecule has 0 fully saturated rings. The third kappa shape index (κ3) is 3.02. The van der Waals surface area contributed by atoms with E-state index in [0.29, 0.717) is 28.9 Å². The summed E-state index contributed by atoms with van der Waals surface area (Å²) < 4.78 is 5.43. The van der Waals surface area contributed by atoms with Crippen molar-refractivity contribution in [3.8, 4) is 11.5 Å². The molecule has 0 saturated heterocycles. The molecule has 0 aliphatic heterocycles. The van der Waals surface area contributed by atoms with Crippen LogP contribution in [0.3, 0.4) is 0 Å². The minimum absolute atomic E-state index is 0.0805. The van der Waals surface area contributed by atoms with E-state index in [0.717, 1.165) is 11.1 Å². The normalized spacial score (nSPS) is 11.1. The summed E-state index contributed by atoms with van der Waals surface area (Å²) in [7, 11) is 0. The van der Waals surface area contributed by atoms with Gasteiger partial charge in [-0.25, -0.2) is 9.78 Å². The second-order valence-corrected chi connectivity index (χ2v) is 5.59. The van der Waals surface area contributed by atoms with Crippen LogP contribution in [0.4, 0.5) is 0 Å². The van der Waals surface area contributed by atoms with Crippen LogP contribution in [0.25, 0.3) is 11.5 Å². The Hall–Kier alpha value is -1.81. The van der Waals surface area contributed by atoms with Gasteiger partial charge in [-0.15, -0.1) is 0 Å². The number of hydrogen-bond acceptors (Lipinski definition) is 3. The van der Waals surface area contributed by atoms with E-state index in [2.05, 4.69) is 4.98 Å². The second kappa shape index (κ2) is 5.67. The van der Waals surface area contributed by atoms with Crippen LogP contribution < -0.4 is 0 Å². The third-order valence-electron chi connectivity index (χ3n) is 2.91. The monoisotopic (exact) mass is 293 g/mol. The summed E-state index contributed by atoms with van der Waals surface area (Å²) in [5.74, 6) is -0.543. The highest BCUT2D eigenvalue weighted by molar-refractivity contribution is 6.30. The van der Waals surface area contributed by atoms with E-state index in [-0.39, 0.29) is 5.76 Å². The number of benzene rings is 1. The smallest absolute Gasteiger partial charge is 0.373 e. The van der Waals surface area contributed by atoms with Crippen LogP contribution in [0.1, 0.15) is 35.7 Å². The molecule has 0 amide bonds. The molecule has 0 aliphatic rings. The summed E-state index contributed by atoms with van der Waals surface area (Å²) in [5, 5.41) is 9.82. The third-order valence-corrected chi connectivity index (χ3v) is 3.15. The number of aromatic carboxylic acids is 1. The second-order valence-electron chi connectivity index (χ2n) is 5.16. The van der Waals surface area contributed by atoms with Crippen LogP contribution >= 0.6 is 11.6 Å². The highest BCUT2D eigenvalue weighted by Crippen LogP contribution is 2.28. The van der Waals surface area contributed by atoms with E-state index in [9.17, 15) is 9.90 Å². The van der Waals surface area contributed by atoms with E-state index in [4.69, 9.17) is 16.0 Å². The summed E-state index contributed by atoms with van der Waals surface area (Å²) in [6, 6.07) is 5.31. The Labute approximate surface area is 122 Å². The van der Waals surface area contributed by atoms with Crippen molar-refractivity contribution >= 4 is 17.6 Å². The van der Waals surface area contributed by atoms with Crippen LogP contribution in [-0.4, -0.2) is 16.1 Å². The van der Waals surface area contributed by atoms with Crippen molar-refractivity contribution in [2.75, 3.05) is 0 Å². The summed E-state index contributed by atoms with van der Waals surface area (Å²) >= 11 is 5.92. The molecule has 5 heteroatoms. The Morgan fingerprint density at radius 1 is 1.45 bits per heavy atom. The van der Waals surface area contributed by atoms with Gasteiger partial charge in [-0.05, 0) is 43.0 Å². The van der Waals surface area contributed by atoms with Crippen molar-refractivity contribution in [3.63, 3.8) is 0 Å². The average Bonchev–Trinajstić information content (AvgIpc) is 2.71. The first kappa shape index (κ1) is 14.6. The van der Waals surface area contributed by atoms with Gasteiger partial charge in [-0.1, -0.05) is 25.4 Å². The first-order valence-electron chi connectivity index (χ1n) is 6.38. The van der Waals surface area contributed by atoms with E-state index >= 15 is 0 Å². The maximum absolute atomic E-state index is 11.2. The van der Waals surface area contributed by atoms with Gasteiger partial charge in [0.15, 0.2) is 0 Å². The zero-order valence-electron chi connectivity index (χ0n) is 11.6. The Kier molecular flexibility index (Phi) is 4.14. The fourth-order valence-corrected chi connectivity index (χ4v) is 2.25. The largest absolute Gasteiger partial charge is 0.475 e. The fourth-order valence-electron chi connectivity index (χ4n) is 2.03. The fraction of sp³-hybridized carbons (Fsp3) is 0.333. The molecule has 0 atom stereocenters. The Morgan fingerprint density at radius 3 is 2.70 bits per heavy atom. The van der Waals surface area contributed by atoms with E-state index in [1.54, 1.807) is 18.2 Å². The van der Waals surface area contributed by atoms with Crippen molar-refractivity contribution in [2.24, 2.45) is 5.92 Å². The number of aromatic nitrogens is 1. The number of nitrogens with zero attached hydrogens (tertiary/aromatic N) is 1. The van der Waals surface area contributed by atoms with E-state index in [1.807, 2.05) is 20.8 Å². The lowest BCUT2D eigenvalue weighted by Crippen LogP contribution is -2.03. The summed E-state index contributed by atoms with van der Waals surface area (Å²) in [4.78, 5) is 15.6. The number of aryl methyl sites for hydroxylation is 1. The van der Waals surface area contributed by atoms with Crippen LogP contribution in [0.15, 0.2) is 22.6 Å². The minimum atomic E-state index is -1.09. The van der Waals surface area contributed by atoms with Crippen molar-refractivity contribution in [1.82, 2.24) is 4.98 Å². The highest BCUT2D eigenvalue weighted by Gasteiger charge is 2.21. The molecule has 0 aliphatic carbocycles. The van der Waals surface area contributed by atoms with Gasteiger partial charge in [0.25, 0.3) is 0 Å². The predicted molar refractivity (Wildman–Crippen MR) is 77.2 cm³/mol. The predicted octanol–water partition coefficient (Wildman–Crippen LogP) is 4.20. The average molecular weight is 294 g/mol. The molecular weight excluding hydrogens is 278 g/mol. The minimum Gasteiger partial charge on any atom is -0.475 e. The molecule has 0 bridgehead atoms. The topological polar surface area (TPSA) is 63.3 Å². The van der Waals surface area contributed by atoms with Crippen molar-refractivity contribution in [3.05, 3.63) is 40.2 Å². The number of carbonyl (C=O) groups is 1. The lowest BCUT2D eigenvalue weighted by atomic mass is 10.1. The standard InChI is InChI=1S/C15H16ClNO3/c1-8(2)6-12-13(15(18)19)20-14(17-12)11-5-4-10(16)7-9(11)3/h4-5,7-8H,6H2,1-3H3,(H,18,19).